The van der Waals surface area contributed by atoms with Gasteiger partial charge in [0.15, 0.2) is 11.5 Å². The van der Waals surface area contributed by atoms with E-state index in [-0.39, 0.29) is 5.75 Å². The Hall–Kier alpha value is -2.25. The quantitative estimate of drug-likeness (QED) is 0.192. The van der Waals surface area contributed by atoms with E-state index in [1.807, 2.05) is 0 Å². The minimum atomic E-state index is -1.85. The van der Waals surface area contributed by atoms with Crippen molar-refractivity contribution in [3.63, 3.8) is 0 Å². The van der Waals surface area contributed by atoms with Crippen LogP contribution in [-0.4, -0.2) is 103 Å². The molecule has 0 fully saturated rings. The summed E-state index contributed by atoms with van der Waals surface area (Å²) >= 11 is 0. The number of phenolic OH excluding ortho intramolecular Hbond substituents is 1. The molecule has 0 saturated carbocycles. The van der Waals surface area contributed by atoms with Crippen molar-refractivity contribution < 1.29 is 55.5 Å². The molecule has 0 bridgehead atoms. The molecule has 4 atom stereocenters. The second kappa shape index (κ2) is 13.0. The summed E-state index contributed by atoms with van der Waals surface area (Å²) in [6.07, 6.45) is -6.24. The molecular formula is C17H26O11. The Bertz CT molecular complexity index is 603. The van der Waals surface area contributed by atoms with Crippen molar-refractivity contribution >= 4 is 12.0 Å². The number of aliphatic hydroxyl groups is 7. The Morgan fingerprint density at radius 1 is 1.00 bits per heavy atom. The van der Waals surface area contributed by atoms with Crippen LogP contribution < -0.4 is 4.74 Å². The van der Waals surface area contributed by atoms with Gasteiger partial charge in [-0.2, -0.15) is 0 Å². The van der Waals surface area contributed by atoms with Crippen LogP contribution in [-0.2, 0) is 4.79 Å². The summed E-state index contributed by atoms with van der Waals surface area (Å²) in [7, 11) is 1.43. The predicted octanol–water partition coefficient (Wildman–Crippen LogP) is -2.73. The second-order valence-corrected chi connectivity index (χ2v) is 5.57. The molecule has 11 nitrogen and oxygen atoms in total. The SMILES string of the molecule is COc1cc(/C=C/C(=O)O)ccc1O.OCC(O)C(O)C(O)C(O)C(O)CO. The number of hydrogen-bond donors (Lipinski definition) is 9. The van der Waals surface area contributed by atoms with E-state index in [0.29, 0.717) is 11.3 Å². The number of aliphatic carboxylic acids is 1. The van der Waals surface area contributed by atoms with E-state index in [1.54, 1.807) is 12.1 Å². The van der Waals surface area contributed by atoms with Gasteiger partial charge in [0.25, 0.3) is 0 Å². The first kappa shape index (κ1) is 25.8. The standard InChI is InChI=1S/C10H10O4.C7H16O7/c1-14-9-6-7(2-4-8(9)11)3-5-10(12)13;8-1-3(10)5(12)7(14)6(13)4(11)2-9/h2-6,11H,1H3,(H,12,13);3-14H,1-2H2/b5-3+;. The third-order valence-electron chi connectivity index (χ3n) is 3.48. The zero-order valence-corrected chi connectivity index (χ0v) is 15.0. The van der Waals surface area contributed by atoms with E-state index in [9.17, 15) is 9.90 Å². The molecule has 1 aromatic rings. The number of benzene rings is 1. The monoisotopic (exact) mass is 406 g/mol. The van der Waals surface area contributed by atoms with Crippen LogP contribution in [0, 0.1) is 0 Å². The van der Waals surface area contributed by atoms with Crippen molar-refractivity contribution in [1.29, 1.82) is 0 Å². The minimum absolute atomic E-state index is 0.0278. The summed E-state index contributed by atoms with van der Waals surface area (Å²) in [5, 5.41) is 79.6. The summed E-state index contributed by atoms with van der Waals surface area (Å²) < 4.78 is 4.86. The Labute approximate surface area is 160 Å². The van der Waals surface area contributed by atoms with Crippen molar-refractivity contribution in [3.8, 4) is 11.5 Å². The summed E-state index contributed by atoms with van der Waals surface area (Å²) in [4.78, 5) is 10.2. The van der Waals surface area contributed by atoms with E-state index >= 15 is 0 Å². The van der Waals surface area contributed by atoms with Gasteiger partial charge < -0.3 is 50.7 Å². The molecule has 1 aromatic carbocycles. The molecule has 28 heavy (non-hydrogen) atoms. The summed E-state index contributed by atoms with van der Waals surface area (Å²) in [5.41, 5.74) is 0.655. The fourth-order valence-electron chi connectivity index (χ4n) is 1.84. The van der Waals surface area contributed by atoms with Crippen LogP contribution in [0.3, 0.4) is 0 Å². The first-order chi connectivity index (χ1) is 13.1. The molecule has 4 unspecified atom stereocenters. The Morgan fingerprint density at radius 2 is 1.50 bits per heavy atom. The van der Waals surface area contributed by atoms with Crippen molar-refractivity contribution in [2.24, 2.45) is 0 Å². The number of aliphatic hydroxyl groups excluding tert-OH is 7. The third-order valence-corrected chi connectivity index (χ3v) is 3.48. The van der Waals surface area contributed by atoms with Gasteiger partial charge in [-0.3, -0.25) is 0 Å². The molecule has 0 radical (unpaired) electrons. The topological polar surface area (TPSA) is 208 Å². The highest BCUT2D eigenvalue weighted by atomic mass is 16.5. The summed E-state index contributed by atoms with van der Waals surface area (Å²) in [6, 6.07) is 4.59. The molecule has 9 N–H and O–H groups in total. The zero-order valence-electron chi connectivity index (χ0n) is 15.0. The van der Waals surface area contributed by atoms with E-state index in [2.05, 4.69) is 0 Å². The normalized spacial score (nSPS) is 16.4. The maximum atomic E-state index is 10.2. The summed E-state index contributed by atoms with van der Waals surface area (Å²) in [6.45, 7) is -1.58. The average molecular weight is 406 g/mol. The van der Waals surface area contributed by atoms with E-state index in [4.69, 9.17) is 45.6 Å². The van der Waals surface area contributed by atoms with Crippen LogP contribution in [0.15, 0.2) is 24.3 Å². The Balaban J connectivity index is 0.000000521. The highest BCUT2D eigenvalue weighted by Gasteiger charge is 2.33. The zero-order chi connectivity index (χ0) is 21.9. The van der Waals surface area contributed by atoms with Gasteiger partial charge in [-0.1, -0.05) is 6.07 Å². The fourth-order valence-corrected chi connectivity index (χ4v) is 1.84. The molecule has 1 rings (SSSR count). The first-order valence-electron chi connectivity index (χ1n) is 7.99. The number of carboxylic acids is 1. The lowest BCUT2D eigenvalue weighted by atomic mass is 10.00. The lowest BCUT2D eigenvalue weighted by Crippen LogP contribution is -2.50. The lowest BCUT2D eigenvalue weighted by molar-refractivity contribution is -0.145. The Kier molecular flexibility index (Phi) is 12.0. The Morgan fingerprint density at radius 3 is 1.89 bits per heavy atom. The number of carbonyl (C=O) groups is 1. The van der Waals surface area contributed by atoms with E-state index in [0.717, 1.165) is 6.08 Å². The number of carboxylic acid groups (broad SMARTS) is 1. The molecule has 0 spiro atoms. The summed E-state index contributed by atoms with van der Waals surface area (Å²) in [5.74, 6) is -0.672. The number of aromatic hydroxyl groups is 1. The van der Waals surface area contributed by atoms with Crippen LogP contribution in [0.4, 0.5) is 0 Å². The predicted molar refractivity (Wildman–Crippen MR) is 95.5 cm³/mol. The van der Waals surface area contributed by atoms with Gasteiger partial charge in [-0.25, -0.2) is 4.79 Å². The molecule has 0 aromatic heterocycles. The number of rotatable bonds is 9. The maximum Gasteiger partial charge on any atom is 0.328 e. The minimum Gasteiger partial charge on any atom is -0.504 e. The second-order valence-electron chi connectivity index (χ2n) is 5.57. The molecular weight excluding hydrogens is 380 g/mol. The maximum absolute atomic E-state index is 10.2. The van der Waals surface area contributed by atoms with E-state index in [1.165, 1.54) is 19.3 Å². The molecule has 160 valence electrons. The molecule has 0 heterocycles. The van der Waals surface area contributed by atoms with Crippen molar-refractivity contribution in [1.82, 2.24) is 0 Å². The number of methoxy groups -OCH3 is 1. The van der Waals surface area contributed by atoms with Gasteiger partial charge in [-0.05, 0) is 23.8 Å². The largest absolute Gasteiger partial charge is 0.504 e. The van der Waals surface area contributed by atoms with Crippen LogP contribution in [0.25, 0.3) is 6.08 Å². The van der Waals surface area contributed by atoms with E-state index < -0.39 is 49.7 Å². The number of hydrogen-bond acceptors (Lipinski definition) is 10. The van der Waals surface area contributed by atoms with Gasteiger partial charge >= 0.3 is 5.97 Å². The lowest BCUT2D eigenvalue weighted by Gasteiger charge is -2.27. The smallest absolute Gasteiger partial charge is 0.328 e. The fraction of sp³-hybridized carbons (Fsp3) is 0.471. The molecule has 0 amide bonds. The molecule has 0 aliphatic rings. The van der Waals surface area contributed by atoms with Crippen LogP contribution in [0.1, 0.15) is 5.56 Å². The number of phenols is 1. The van der Waals surface area contributed by atoms with Gasteiger partial charge in [-0.15, -0.1) is 0 Å². The molecule has 0 aliphatic carbocycles. The van der Waals surface area contributed by atoms with Gasteiger partial charge in [0.1, 0.15) is 30.5 Å². The first-order valence-corrected chi connectivity index (χ1v) is 7.99. The molecule has 11 heteroatoms. The van der Waals surface area contributed by atoms with Crippen LogP contribution in [0.2, 0.25) is 0 Å². The highest BCUT2D eigenvalue weighted by Crippen LogP contribution is 2.26. The van der Waals surface area contributed by atoms with Crippen molar-refractivity contribution in [2.45, 2.75) is 30.5 Å². The highest BCUT2D eigenvalue weighted by molar-refractivity contribution is 5.85. The van der Waals surface area contributed by atoms with Crippen molar-refractivity contribution in [2.75, 3.05) is 20.3 Å². The molecule has 0 saturated heterocycles. The molecule has 0 aliphatic heterocycles. The van der Waals surface area contributed by atoms with Gasteiger partial charge in [0.05, 0.1) is 20.3 Å². The van der Waals surface area contributed by atoms with Crippen molar-refractivity contribution in [3.05, 3.63) is 29.8 Å². The van der Waals surface area contributed by atoms with Gasteiger partial charge in [0, 0.05) is 6.08 Å². The van der Waals surface area contributed by atoms with Crippen LogP contribution >= 0.6 is 0 Å². The number of ether oxygens (including phenoxy) is 1. The average Bonchev–Trinajstić information content (AvgIpc) is 2.70. The van der Waals surface area contributed by atoms with Gasteiger partial charge in [0.2, 0.25) is 0 Å². The third kappa shape index (κ3) is 8.63. The van der Waals surface area contributed by atoms with Crippen LogP contribution in [0.5, 0.6) is 11.5 Å².